The van der Waals surface area contributed by atoms with Crippen molar-refractivity contribution in [1.82, 2.24) is 9.97 Å². The number of rotatable bonds is 1. The maximum Gasteiger partial charge on any atom is 0.228 e. The Morgan fingerprint density at radius 3 is 2.64 bits per heavy atom. The molecule has 0 aliphatic carbocycles. The van der Waals surface area contributed by atoms with Crippen LogP contribution in [-0.4, -0.2) is 27.2 Å². The molecular weight excluding hydrogens is 269 g/mol. The quantitative estimate of drug-likeness (QED) is 0.578. The summed E-state index contributed by atoms with van der Waals surface area (Å²) in [5, 5.41) is 0.191. The summed E-state index contributed by atoms with van der Waals surface area (Å²) in [5.41, 5.74) is 0.696. The Balaban J connectivity index is 2.23. The molecule has 1 unspecified atom stereocenters. The number of carbonyl (C=O) groups is 1. The average molecular weight is 277 g/mol. The van der Waals surface area contributed by atoms with Crippen molar-refractivity contribution in [3.8, 4) is 0 Å². The Morgan fingerprint density at radius 2 is 2.14 bits per heavy atom. The highest BCUT2D eigenvalue weighted by atomic mass is 79.9. The number of aromatic nitrogens is 2. The van der Waals surface area contributed by atoms with Crippen LogP contribution in [0.25, 0.3) is 0 Å². The molecule has 1 atom stereocenters. The van der Waals surface area contributed by atoms with Gasteiger partial charge < -0.3 is 4.90 Å². The van der Waals surface area contributed by atoms with E-state index in [0.717, 1.165) is 0 Å². The molecule has 0 bridgehead atoms. The second-order valence-electron chi connectivity index (χ2n) is 3.02. The number of anilines is 1. The lowest BCUT2D eigenvalue weighted by Crippen LogP contribution is -2.24. The van der Waals surface area contributed by atoms with E-state index in [1.165, 1.54) is 0 Å². The first-order valence-electron chi connectivity index (χ1n) is 4.09. The van der Waals surface area contributed by atoms with E-state index in [1.807, 2.05) is 0 Å². The van der Waals surface area contributed by atoms with Gasteiger partial charge in [0.05, 0.1) is 18.1 Å². The molecule has 1 fully saturated rings. The molecule has 1 aromatic heterocycles. The van der Waals surface area contributed by atoms with Crippen LogP contribution < -0.4 is 4.90 Å². The molecule has 0 aromatic carbocycles. The zero-order valence-electron chi connectivity index (χ0n) is 7.15. The molecule has 1 aliphatic heterocycles. The van der Waals surface area contributed by atoms with E-state index in [4.69, 9.17) is 11.6 Å². The summed E-state index contributed by atoms with van der Waals surface area (Å²) >= 11 is 8.95. The third kappa shape index (κ3) is 1.88. The average Bonchev–Trinajstić information content (AvgIpc) is 2.47. The van der Waals surface area contributed by atoms with Gasteiger partial charge in [0.1, 0.15) is 0 Å². The van der Waals surface area contributed by atoms with Gasteiger partial charge in [0.25, 0.3) is 0 Å². The summed E-state index contributed by atoms with van der Waals surface area (Å²) in [4.78, 5) is 21.0. The lowest BCUT2D eigenvalue weighted by atomic mass is 10.4. The van der Waals surface area contributed by atoms with Crippen molar-refractivity contribution in [2.24, 2.45) is 0 Å². The maximum absolute atomic E-state index is 11.5. The third-order valence-corrected chi connectivity index (χ3v) is 2.80. The van der Waals surface area contributed by atoms with Crippen molar-refractivity contribution in [3.63, 3.8) is 0 Å². The van der Waals surface area contributed by atoms with E-state index in [0.29, 0.717) is 18.7 Å². The van der Waals surface area contributed by atoms with E-state index in [1.54, 1.807) is 17.3 Å². The Labute approximate surface area is 94.4 Å². The highest BCUT2D eigenvalue weighted by molar-refractivity contribution is 9.09. The minimum atomic E-state index is 0.0813. The summed E-state index contributed by atoms with van der Waals surface area (Å²) in [6.07, 6.45) is 3.62. The molecule has 1 saturated heterocycles. The van der Waals surface area contributed by atoms with Gasteiger partial charge in [-0.25, -0.2) is 9.97 Å². The molecule has 1 aromatic rings. The zero-order valence-corrected chi connectivity index (χ0v) is 9.49. The summed E-state index contributed by atoms with van der Waals surface area (Å²) < 4.78 is 0. The normalized spacial score (nSPS) is 21.7. The Morgan fingerprint density at radius 1 is 1.50 bits per heavy atom. The SMILES string of the molecule is O=C1CC(Br)CN1c1cnc(Cl)nc1. The Bertz CT molecular complexity index is 356. The molecule has 14 heavy (non-hydrogen) atoms. The standard InChI is InChI=1S/C8H7BrClN3O/c9-5-1-7(14)13(4-5)6-2-11-8(10)12-3-6/h2-3,5H,1,4H2. The van der Waals surface area contributed by atoms with Gasteiger partial charge in [-0.2, -0.15) is 0 Å². The summed E-state index contributed by atoms with van der Waals surface area (Å²) in [5.74, 6) is 0.0813. The fourth-order valence-electron chi connectivity index (χ4n) is 1.36. The van der Waals surface area contributed by atoms with E-state index < -0.39 is 0 Å². The first kappa shape index (κ1) is 9.86. The van der Waals surface area contributed by atoms with Gasteiger partial charge in [-0.3, -0.25) is 4.79 Å². The van der Waals surface area contributed by atoms with Crippen molar-refractivity contribution >= 4 is 39.1 Å². The minimum absolute atomic E-state index is 0.0813. The maximum atomic E-state index is 11.5. The fourth-order valence-corrected chi connectivity index (χ4v) is 2.02. The van der Waals surface area contributed by atoms with Crippen LogP contribution in [-0.2, 0) is 4.79 Å². The number of hydrogen-bond acceptors (Lipinski definition) is 3. The first-order valence-corrected chi connectivity index (χ1v) is 5.38. The molecule has 2 heterocycles. The number of carbonyl (C=O) groups excluding carboxylic acids is 1. The van der Waals surface area contributed by atoms with Crippen LogP contribution in [0, 0.1) is 0 Å². The number of amides is 1. The molecular formula is C8H7BrClN3O. The van der Waals surface area contributed by atoms with Gasteiger partial charge in [0.2, 0.25) is 11.2 Å². The van der Waals surface area contributed by atoms with Gasteiger partial charge in [-0.05, 0) is 11.6 Å². The number of nitrogens with zero attached hydrogens (tertiary/aromatic N) is 3. The highest BCUT2D eigenvalue weighted by Gasteiger charge is 2.28. The molecule has 4 nitrogen and oxygen atoms in total. The molecule has 0 radical (unpaired) electrons. The molecule has 1 aliphatic rings. The van der Waals surface area contributed by atoms with Crippen LogP contribution in [0.1, 0.15) is 6.42 Å². The predicted octanol–water partition coefficient (Wildman–Crippen LogP) is 1.63. The Hall–Kier alpha value is -0.680. The fraction of sp³-hybridized carbons (Fsp3) is 0.375. The van der Waals surface area contributed by atoms with Gasteiger partial charge in [-0.15, -0.1) is 0 Å². The van der Waals surface area contributed by atoms with Crippen molar-refractivity contribution < 1.29 is 4.79 Å². The van der Waals surface area contributed by atoms with Crippen LogP contribution in [0.15, 0.2) is 12.4 Å². The second-order valence-corrected chi connectivity index (χ2v) is 4.65. The summed E-state index contributed by atoms with van der Waals surface area (Å²) in [7, 11) is 0. The molecule has 0 N–H and O–H groups in total. The van der Waals surface area contributed by atoms with Crippen LogP contribution in [0.2, 0.25) is 5.28 Å². The molecule has 1 amide bonds. The van der Waals surface area contributed by atoms with Crippen LogP contribution >= 0.6 is 27.5 Å². The van der Waals surface area contributed by atoms with Crippen molar-refractivity contribution in [2.75, 3.05) is 11.4 Å². The van der Waals surface area contributed by atoms with Crippen LogP contribution in [0.4, 0.5) is 5.69 Å². The van der Waals surface area contributed by atoms with Crippen molar-refractivity contribution in [1.29, 1.82) is 0 Å². The molecule has 0 spiro atoms. The Kier molecular flexibility index (Phi) is 2.69. The van der Waals surface area contributed by atoms with E-state index in [9.17, 15) is 4.79 Å². The van der Waals surface area contributed by atoms with E-state index in [-0.39, 0.29) is 16.0 Å². The molecule has 74 valence electrons. The lowest BCUT2D eigenvalue weighted by Gasteiger charge is -2.14. The number of hydrogen-bond donors (Lipinski definition) is 0. The van der Waals surface area contributed by atoms with Gasteiger partial charge >= 0.3 is 0 Å². The monoisotopic (exact) mass is 275 g/mol. The zero-order chi connectivity index (χ0) is 10.1. The van der Waals surface area contributed by atoms with Crippen molar-refractivity contribution in [2.45, 2.75) is 11.2 Å². The minimum Gasteiger partial charge on any atom is -0.308 e. The van der Waals surface area contributed by atoms with Gasteiger partial charge in [0.15, 0.2) is 0 Å². The molecule has 0 saturated carbocycles. The largest absolute Gasteiger partial charge is 0.308 e. The van der Waals surface area contributed by atoms with E-state index in [2.05, 4.69) is 25.9 Å². The topological polar surface area (TPSA) is 46.1 Å². The van der Waals surface area contributed by atoms with Gasteiger partial charge in [0, 0.05) is 17.8 Å². The van der Waals surface area contributed by atoms with Crippen LogP contribution in [0.3, 0.4) is 0 Å². The van der Waals surface area contributed by atoms with Crippen LogP contribution in [0.5, 0.6) is 0 Å². The van der Waals surface area contributed by atoms with E-state index >= 15 is 0 Å². The smallest absolute Gasteiger partial charge is 0.228 e. The summed E-state index contributed by atoms with van der Waals surface area (Å²) in [6.45, 7) is 0.657. The van der Waals surface area contributed by atoms with Crippen molar-refractivity contribution in [3.05, 3.63) is 17.7 Å². The number of alkyl halides is 1. The first-order chi connectivity index (χ1) is 6.66. The molecule has 2 rings (SSSR count). The third-order valence-electron chi connectivity index (χ3n) is 2.00. The predicted molar refractivity (Wildman–Crippen MR) is 56.7 cm³/mol. The summed E-state index contributed by atoms with van der Waals surface area (Å²) in [6, 6.07) is 0. The highest BCUT2D eigenvalue weighted by Crippen LogP contribution is 2.24. The number of halogens is 2. The second kappa shape index (κ2) is 3.82. The van der Waals surface area contributed by atoms with Gasteiger partial charge in [-0.1, -0.05) is 15.9 Å². The molecule has 6 heteroatoms. The lowest BCUT2D eigenvalue weighted by molar-refractivity contribution is -0.117.